The number of rotatable bonds is 8. The fourth-order valence-electron chi connectivity index (χ4n) is 2.73. The smallest absolute Gasteiger partial charge is 0.416 e. The molecule has 1 unspecified atom stereocenters. The number of ether oxygens (including phenoxy) is 2. The Morgan fingerprint density at radius 2 is 1.90 bits per heavy atom. The van der Waals surface area contributed by atoms with Crippen LogP contribution >= 0.6 is 0 Å². The number of hydrogen-bond acceptors (Lipinski definition) is 5. The van der Waals surface area contributed by atoms with E-state index in [1.807, 2.05) is 37.3 Å². The fraction of sp³-hybridized carbons (Fsp3) is 0.318. The molecule has 2 aromatic carbocycles. The molecule has 0 fully saturated rings. The lowest BCUT2D eigenvalue weighted by Crippen LogP contribution is -2.40. The van der Waals surface area contributed by atoms with Gasteiger partial charge in [-0.2, -0.15) is 5.26 Å². The van der Waals surface area contributed by atoms with E-state index < -0.39 is 18.2 Å². The van der Waals surface area contributed by atoms with E-state index in [2.05, 4.69) is 11.4 Å². The first-order valence-electron chi connectivity index (χ1n) is 9.53. The molecule has 0 radical (unpaired) electrons. The topological polar surface area (TPSA) is 91.7 Å². The van der Waals surface area contributed by atoms with Crippen LogP contribution in [0.15, 0.2) is 54.6 Å². The molecule has 7 nitrogen and oxygen atoms in total. The van der Waals surface area contributed by atoms with Gasteiger partial charge >= 0.3 is 12.2 Å². The maximum atomic E-state index is 12.9. The predicted octanol–water partition coefficient (Wildman–Crippen LogP) is 4.95. The van der Waals surface area contributed by atoms with E-state index in [0.29, 0.717) is 12.1 Å². The second-order valence-electron chi connectivity index (χ2n) is 6.29. The maximum Gasteiger partial charge on any atom is 0.416 e. The van der Waals surface area contributed by atoms with Gasteiger partial charge in [-0.15, -0.1) is 0 Å². The zero-order valence-corrected chi connectivity index (χ0v) is 16.6. The van der Waals surface area contributed by atoms with E-state index in [9.17, 15) is 14.9 Å². The van der Waals surface area contributed by atoms with Crippen molar-refractivity contribution in [1.29, 1.82) is 5.26 Å². The van der Waals surface area contributed by atoms with Gasteiger partial charge < -0.3 is 9.47 Å². The van der Waals surface area contributed by atoms with E-state index >= 15 is 0 Å². The predicted molar refractivity (Wildman–Crippen MR) is 109 cm³/mol. The highest BCUT2D eigenvalue weighted by molar-refractivity contribution is 5.85. The van der Waals surface area contributed by atoms with E-state index in [4.69, 9.17) is 9.47 Å². The second kappa shape index (κ2) is 11.3. The number of amides is 2. The van der Waals surface area contributed by atoms with Crippen molar-refractivity contribution in [3.05, 3.63) is 60.2 Å². The van der Waals surface area contributed by atoms with E-state index in [0.717, 1.165) is 12.0 Å². The number of nitriles is 1. The van der Waals surface area contributed by atoms with Gasteiger partial charge in [-0.05, 0) is 31.0 Å². The number of carbonyl (C=O) groups is 2. The van der Waals surface area contributed by atoms with Gasteiger partial charge in [-0.3, -0.25) is 10.2 Å². The Morgan fingerprint density at radius 1 is 1.14 bits per heavy atom. The summed E-state index contributed by atoms with van der Waals surface area (Å²) in [5, 5.41) is 12.1. The summed E-state index contributed by atoms with van der Waals surface area (Å²) in [4.78, 5) is 25.9. The minimum absolute atomic E-state index is 0.252. The van der Waals surface area contributed by atoms with E-state index in [1.165, 1.54) is 11.0 Å². The summed E-state index contributed by atoms with van der Waals surface area (Å²) in [7, 11) is 0. The Kier molecular flexibility index (Phi) is 8.51. The Labute approximate surface area is 170 Å². The highest BCUT2D eigenvalue weighted by atomic mass is 16.6. The van der Waals surface area contributed by atoms with Crippen molar-refractivity contribution >= 4 is 17.9 Å². The zero-order valence-electron chi connectivity index (χ0n) is 16.6. The van der Waals surface area contributed by atoms with Crippen molar-refractivity contribution in [2.24, 2.45) is 0 Å². The van der Waals surface area contributed by atoms with Gasteiger partial charge in [0.15, 0.2) is 0 Å². The first-order valence-corrected chi connectivity index (χ1v) is 9.53. The quantitative estimate of drug-likeness (QED) is 0.683. The molecule has 0 saturated heterocycles. The van der Waals surface area contributed by atoms with Gasteiger partial charge in [0.05, 0.1) is 19.2 Å². The molecule has 152 valence electrons. The lowest BCUT2D eigenvalue weighted by molar-refractivity contribution is 0.136. The molecule has 0 saturated carbocycles. The maximum absolute atomic E-state index is 12.9. The molecule has 0 aromatic heterocycles. The van der Waals surface area contributed by atoms with Crippen LogP contribution in [0.25, 0.3) is 0 Å². The number of hydrogen-bond donors (Lipinski definition) is 1. The van der Waals surface area contributed by atoms with Gasteiger partial charge in [-0.25, -0.2) is 9.59 Å². The molecular formula is C22H25N3O4. The highest BCUT2D eigenvalue weighted by Gasteiger charge is 2.25. The summed E-state index contributed by atoms with van der Waals surface area (Å²) in [6.07, 6.45) is 0.0924. The van der Waals surface area contributed by atoms with Gasteiger partial charge in [0.25, 0.3) is 0 Å². The normalized spacial score (nSPS) is 11.1. The Bertz CT molecular complexity index is 849. The fourth-order valence-corrected chi connectivity index (χ4v) is 2.73. The van der Waals surface area contributed by atoms with E-state index in [-0.39, 0.29) is 18.9 Å². The minimum atomic E-state index is -0.623. The number of nitrogens with one attached hydrogen (secondary N) is 1. The third kappa shape index (κ3) is 6.85. The third-order valence-electron chi connectivity index (χ3n) is 4.08. The zero-order chi connectivity index (χ0) is 21.1. The molecule has 7 heteroatoms. The van der Waals surface area contributed by atoms with Crippen LogP contribution in [0.1, 0.15) is 32.3 Å². The summed E-state index contributed by atoms with van der Waals surface area (Å²) >= 11 is 0. The highest BCUT2D eigenvalue weighted by Crippen LogP contribution is 2.20. The average molecular weight is 395 g/mol. The van der Waals surface area contributed by atoms with Crippen molar-refractivity contribution in [2.75, 3.05) is 11.9 Å². The Balaban J connectivity index is 2.16. The minimum Gasteiger partial charge on any atom is -0.450 e. The van der Waals surface area contributed by atoms with Crippen LogP contribution in [0.5, 0.6) is 5.75 Å². The molecule has 0 spiro atoms. The van der Waals surface area contributed by atoms with Crippen LogP contribution in [0, 0.1) is 11.3 Å². The van der Waals surface area contributed by atoms with Crippen molar-refractivity contribution in [3.63, 3.8) is 0 Å². The molecule has 0 heterocycles. The second-order valence-corrected chi connectivity index (χ2v) is 6.29. The summed E-state index contributed by atoms with van der Waals surface area (Å²) in [6, 6.07) is 17.5. The molecule has 1 N–H and O–H groups in total. The molecule has 0 bridgehead atoms. The van der Waals surface area contributed by atoms with Crippen LogP contribution in [0.4, 0.5) is 15.3 Å². The van der Waals surface area contributed by atoms with Crippen molar-refractivity contribution < 1.29 is 19.1 Å². The summed E-state index contributed by atoms with van der Waals surface area (Å²) in [6.45, 7) is 4.18. The van der Waals surface area contributed by atoms with Gasteiger partial charge in [0.2, 0.25) is 0 Å². The van der Waals surface area contributed by atoms with E-state index in [1.54, 1.807) is 25.1 Å². The standard InChI is InChI=1S/C22H25N3O4/c1-3-9-19(15-23)25(16-17-10-6-5-7-11-17)22(27)29-20-13-8-12-18(14-20)24-21(26)28-4-2/h5-8,10-14,19H,3-4,9,16H2,1-2H3,(H,24,26). The SMILES string of the molecule is CCCC(C#N)N(Cc1ccccc1)C(=O)Oc1cccc(NC(=O)OCC)c1. The number of nitrogens with zero attached hydrogens (tertiary/aromatic N) is 2. The largest absolute Gasteiger partial charge is 0.450 e. The van der Waals surface area contributed by atoms with Crippen LogP contribution in [0.2, 0.25) is 0 Å². The average Bonchev–Trinajstić information content (AvgIpc) is 2.71. The van der Waals surface area contributed by atoms with Crippen LogP contribution in [-0.4, -0.2) is 29.7 Å². The molecule has 2 aromatic rings. The molecule has 0 aliphatic heterocycles. The molecule has 0 aliphatic rings. The molecule has 2 amide bonds. The van der Waals surface area contributed by atoms with Crippen molar-refractivity contribution in [1.82, 2.24) is 4.90 Å². The number of benzene rings is 2. The lowest BCUT2D eigenvalue weighted by atomic mass is 10.1. The van der Waals surface area contributed by atoms with Crippen molar-refractivity contribution in [3.8, 4) is 11.8 Å². The van der Waals surface area contributed by atoms with Crippen molar-refractivity contribution in [2.45, 2.75) is 39.3 Å². The summed E-state index contributed by atoms with van der Waals surface area (Å²) < 4.78 is 10.3. The third-order valence-corrected chi connectivity index (χ3v) is 4.08. The Morgan fingerprint density at radius 3 is 2.55 bits per heavy atom. The Hall–Kier alpha value is -3.53. The lowest BCUT2D eigenvalue weighted by Gasteiger charge is -2.26. The van der Waals surface area contributed by atoms with Gasteiger partial charge in [0.1, 0.15) is 11.8 Å². The number of anilines is 1. The molecule has 29 heavy (non-hydrogen) atoms. The first-order chi connectivity index (χ1) is 14.1. The molecular weight excluding hydrogens is 370 g/mol. The molecule has 2 rings (SSSR count). The van der Waals surface area contributed by atoms with Gasteiger partial charge in [-0.1, -0.05) is 49.7 Å². The van der Waals surface area contributed by atoms with Crippen LogP contribution < -0.4 is 10.1 Å². The van der Waals surface area contributed by atoms with Crippen LogP contribution in [0.3, 0.4) is 0 Å². The van der Waals surface area contributed by atoms with Gasteiger partial charge in [0, 0.05) is 11.8 Å². The summed E-state index contributed by atoms with van der Waals surface area (Å²) in [5.41, 5.74) is 1.34. The summed E-state index contributed by atoms with van der Waals surface area (Å²) in [5.74, 6) is 0.260. The molecule has 1 atom stereocenters. The monoisotopic (exact) mass is 395 g/mol. The first kappa shape index (κ1) is 21.8. The van der Waals surface area contributed by atoms with Crippen LogP contribution in [-0.2, 0) is 11.3 Å². The molecule has 0 aliphatic carbocycles. The number of carbonyl (C=O) groups excluding carboxylic acids is 2.